The fraction of sp³-hybridized carbons (Fsp3) is 0.333. The van der Waals surface area contributed by atoms with E-state index >= 15 is 0 Å². The molecule has 1 aliphatic heterocycles. The van der Waals surface area contributed by atoms with Crippen molar-refractivity contribution < 1.29 is 13.2 Å². The Kier molecular flexibility index (Phi) is 2.08. The smallest absolute Gasteiger partial charge is 0.249 e. The molecule has 0 N–H and O–H groups in total. The van der Waals surface area contributed by atoms with Gasteiger partial charge in [-0.05, 0) is 6.08 Å². The molecule has 0 aromatic heterocycles. The van der Waals surface area contributed by atoms with Crippen molar-refractivity contribution in [2.75, 3.05) is 0 Å². The topological polar surface area (TPSA) is 12.4 Å². The van der Waals surface area contributed by atoms with E-state index in [1.165, 1.54) is 6.08 Å². The fourth-order valence-electron chi connectivity index (χ4n) is 0.626. The third-order valence-electron chi connectivity index (χ3n) is 1.19. The molecule has 0 aliphatic carbocycles. The summed E-state index contributed by atoms with van der Waals surface area (Å²) in [6.07, 6.45) is -1.25. The van der Waals surface area contributed by atoms with E-state index in [4.69, 9.17) is 0 Å². The maximum absolute atomic E-state index is 11.9. The predicted molar refractivity (Wildman–Crippen MR) is 39.8 cm³/mol. The summed E-state index contributed by atoms with van der Waals surface area (Å²) in [7, 11) is 0. The molecule has 11 heavy (non-hydrogen) atoms. The van der Waals surface area contributed by atoms with Gasteiger partial charge in [-0.1, -0.05) is 18.3 Å². The van der Waals surface area contributed by atoms with Crippen LogP contribution in [0.1, 0.15) is 0 Å². The van der Waals surface area contributed by atoms with Crippen molar-refractivity contribution in [1.29, 1.82) is 0 Å². The summed E-state index contributed by atoms with van der Waals surface area (Å²) in [6, 6.07) is 0. The van der Waals surface area contributed by atoms with Gasteiger partial charge in [0.25, 0.3) is 0 Å². The van der Waals surface area contributed by atoms with Crippen molar-refractivity contribution in [3.63, 3.8) is 0 Å². The summed E-state index contributed by atoms with van der Waals surface area (Å²) in [5.41, 5.74) is 0. The second kappa shape index (κ2) is 2.73. The number of dihydropyridines is 1. The van der Waals surface area contributed by atoms with Gasteiger partial charge in [0.2, 0.25) is 0 Å². The molecule has 0 saturated heterocycles. The quantitative estimate of drug-likeness (QED) is 0.519. The van der Waals surface area contributed by atoms with E-state index in [1.54, 1.807) is 0 Å². The van der Waals surface area contributed by atoms with Gasteiger partial charge in [-0.15, -0.1) is 0 Å². The zero-order valence-corrected chi connectivity index (χ0v) is 6.12. The van der Waals surface area contributed by atoms with E-state index in [0.29, 0.717) is 0 Å². The summed E-state index contributed by atoms with van der Waals surface area (Å²) < 4.78 is 35.6. The maximum atomic E-state index is 11.9. The van der Waals surface area contributed by atoms with Crippen molar-refractivity contribution in [2.45, 2.75) is 6.18 Å². The second-order valence-corrected chi connectivity index (χ2v) is 2.46. The monoisotopic (exact) mass is 179 g/mol. The van der Waals surface area contributed by atoms with Crippen LogP contribution in [0.3, 0.4) is 0 Å². The van der Waals surface area contributed by atoms with Crippen LogP contribution in [0.5, 0.6) is 0 Å². The maximum Gasteiger partial charge on any atom is 0.400 e. The summed E-state index contributed by atoms with van der Waals surface area (Å²) in [6.45, 7) is 0. The number of halogens is 3. The van der Waals surface area contributed by atoms with Crippen molar-refractivity contribution in [2.24, 2.45) is 10.9 Å². The van der Waals surface area contributed by atoms with E-state index in [2.05, 4.69) is 17.2 Å². The number of alkyl halides is 3. The fourth-order valence-corrected chi connectivity index (χ4v) is 0.766. The molecule has 0 fully saturated rings. The zero-order valence-electron chi connectivity index (χ0n) is 5.30. The van der Waals surface area contributed by atoms with Crippen LogP contribution in [0.2, 0.25) is 0 Å². The van der Waals surface area contributed by atoms with Crippen LogP contribution in [0, 0.1) is 5.92 Å². The minimum Gasteiger partial charge on any atom is -0.249 e. The van der Waals surface area contributed by atoms with Crippen LogP contribution in [-0.4, -0.2) is 17.4 Å². The first-order valence-electron chi connectivity index (χ1n) is 2.83. The standard InChI is InChI=1S/C6H4F3NS/c7-6(8,9)4-1-2-5(11)10-3-4/h1-4H. The third-order valence-corrected chi connectivity index (χ3v) is 1.43. The van der Waals surface area contributed by atoms with E-state index in [-0.39, 0.29) is 4.99 Å². The SMILES string of the molecule is FC(F)(F)C1C=CC(=S)N=C1. The normalized spacial score (nSPS) is 24.3. The van der Waals surface area contributed by atoms with Crippen molar-refractivity contribution in [3.05, 3.63) is 12.2 Å². The van der Waals surface area contributed by atoms with Crippen LogP contribution in [0.15, 0.2) is 17.1 Å². The van der Waals surface area contributed by atoms with Crippen LogP contribution in [0.4, 0.5) is 13.2 Å². The molecule has 0 amide bonds. The molecular weight excluding hydrogens is 175 g/mol. The van der Waals surface area contributed by atoms with E-state index in [9.17, 15) is 13.2 Å². The Bertz CT molecular complexity index is 212. The molecule has 1 atom stereocenters. The van der Waals surface area contributed by atoms with Crippen molar-refractivity contribution >= 4 is 23.4 Å². The van der Waals surface area contributed by atoms with Crippen LogP contribution in [-0.2, 0) is 0 Å². The largest absolute Gasteiger partial charge is 0.400 e. The van der Waals surface area contributed by atoms with Gasteiger partial charge < -0.3 is 0 Å². The first kappa shape index (κ1) is 8.39. The highest BCUT2D eigenvalue weighted by Crippen LogP contribution is 2.27. The molecule has 0 saturated carbocycles. The van der Waals surface area contributed by atoms with E-state index in [1.807, 2.05) is 0 Å². The van der Waals surface area contributed by atoms with Gasteiger partial charge in [0.1, 0.15) is 10.9 Å². The summed E-state index contributed by atoms with van der Waals surface area (Å²) in [4.78, 5) is 3.56. The second-order valence-electron chi connectivity index (χ2n) is 2.04. The number of hydrogen-bond acceptors (Lipinski definition) is 1. The lowest BCUT2D eigenvalue weighted by Crippen LogP contribution is -2.24. The van der Waals surface area contributed by atoms with Gasteiger partial charge >= 0.3 is 6.18 Å². The Balaban J connectivity index is 2.73. The zero-order chi connectivity index (χ0) is 8.48. The van der Waals surface area contributed by atoms with Crippen LogP contribution >= 0.6 is 12.2 Å². The highest BCUT2D eigenvalue weighted by Gasteiger charge is 2.37. The molecule has 1 unspecified atom stereocenters. The average molecular weight is 179 g/mol. The van der Waals surface area contributed by atoms with E-state index < -0.39 is 12.1 Å². The molecule has 1 nitrogen and oxygen atoms in total. The molecule has 0 aromatic carbocycles. The molecular formula is C6H4F3NS. The number of allylic oxidation sites excluding steroid dienone is 1. The van der Waals surface area contributed by atoms with Gasteiger partial charge in [0.15, 0.2) is 0 Å². The minimum atomic E-state index is -4.24. The Hall–Kier alpha value is -0.710. The molecule has 1 rings (SSSR count). The lowest BCUT2D eigenvalue weighted by molar-refractivity contribution is -0.142. The highest BCUT2D eigenvalue weighted by molar-refractivity contribution is 7.80. The summed E-state index contributed by atoms with van der Waals surface area (Å²) in [5, 5.41) is 0. The van der Waals surface area contributed by atoms with Gasteiger partial charge in [-0.3, -0.25) is 0 Å². The third kappa shape index (κ3) is 2.11. The number of thiocarbonyl (C=S) groups is 1. The molecule has 60 valence electrons. The number of rotatable bonds is 0. The van der Waals surface area contributed by atoms with Gasteiger partial charge in [-0.25, -0.2) is 4.99 Å². The predicted octanol–water partition coefficient (Wildman–Crippen LogP) is 2.13. The van der Waals surface area contributed by atoms with Gasteiger partial charge in [0.05, 0.1) is 0 Å². The first-order chi connectivity index (χ1) is 5.00. The molecule has 1 heterocycles. The number of nitrogens with zero attached hydrogens (tertiary/aromatic N) is 1. The molecule has 0 radical (unpaired) electrons. The molecule has 1 aliphatic rings. The number of aliphatic imine (C=N–C) groups is 1. The molecule has 0 aromatic rings. The lowest BCUT2D eigenvalue weighted by Gasteiger charge is -2.13. The van der Waals surface area contributed by atoms with Crippen molar-refractivity contribution in [1.82, 2.24) is 0 Å². The average Bonchev–Trinajstić information content (AvgIpc) is 1.86. The minimum absolute atomic E-state index is 0.186. The molecule has 0 spiro atoms. The summed E-state index contributed by atoms with van der Waals surface area (Å²) in [5.74, 6) is -1.57. The number of hydrogen-bond donors (Lipinski definition) is 0. The van der Waals surface area contributed by atoms with Crippen LogP contribution < -0.4 is 0 Å². The Morgan fingerprint density at radius 2 is 2.09 bits per heavy atom. The van der Waals surface area contributed by atoms with E-state index in [0.717, 1.165) is 12.3 Å². The Morgan fingerprint density at radius 1 is 1.45 bits per heavy atom. The molecule has 0 bridgehead atoms. The Labute approximate surface area is 66.6 Å². The highest BCUT2D eigenvalue weighted by atomic mass is 32.1. The molecule has 5 heteroatoms. The lowest BCUT2D eigenvalue weighted by atomic mass is 10.1. The van der Waals surface area contributed by atoms with Gasteiger partial charge in [0, 0.05) is 6.21 Å². The Morgan fingerprint density at radius 3 is 2.45 bits per heavy atom. The first-order valence-corrected chi connectivity index (χ1v) is 3.24. The van der Waals surface area contributed by atoms with Crippen LogP contribution in [0.25, 0.3) is 0 Å². The summed E-state index contributed by atoms with van der Waals surface area (Å²) >= 11 is 4.53. The van der Waals surface area contributed by atoms with Crippen molar-refractivity contribution in [3.8, 4) is 0 Å². The van der Waals surface area contributed by atoms with Gasteiger partial charge in [-0.2, -0.15) is 13.2 Å².